The van der Waals surface area contributed by atoms with Crippen molar-refractivity contribution in [2.45, 2.75) is 20.3 Å². The van der Waals surface area contributed by atoms with Crippen LogP contribution in [-0.4, -0.2) is 17.5 Å². The van der Waals surface area contributed by atoms with Gasteiger partial charge in [-0.1, -0.05) is 19.1 Å². The molecular formula is C16H19N3O2. The Hall–Kier alpha value is -2.56. The van der Waals surface area contributed by atoms with Crippen LogP contribution in [0.1, 0.15) is 18.2 Å². The number of aromatic nitrogens is 1. The lowest BCUT2D eigenvalue weighted by Crippen LogP contribution is -2.21. The predicted molar refractivity (Wildman–Crippen MR) is 83.3 cm³/mol. The molecule has 0 aliphatic carbocycles. The van der Waals surface area contributed by atoms with E-state index in [-0.39, 0.29) is 12.5 Å². The summed E-state index contributed by atoms with van der Waals surface area (Å²) in [4.78, 5) is 15.9. The zero-order valence-corrected chi connectivity index (χ0v) is 12.2. The van der Waals surface area contributed by atoms with Gasteiger partial charge in [0.05, 0.1) is 11.4 Å². The van der Waals surface area contributed by atoms with E-state index in [1.54, 1.807) is 19.1 Å². The van der Waals surface area contributed by atoms with Gasteiger partial charge in [0, 0.05) is 0 Å². The number of aryl methyl sites for hydroxylation is 2. The largest absolute Gasteiger partial charge is 0.484 e. The van der Waals surface area contributed by atoms with Crippen LogP contribution in [0.4, 0.5) is 11.5 Å². The van der Waals surface area contributed by atoms with Crippen molar-refractivity contribution in [3.63, 3.8) is 0 Å². The standard InChI is InChI=1S/C16H19N3O2/c1-3-12-4-6-13(7-5-12)21-10-16(20)19-14-8-9-15(17)18-11(14)2/h4-9H,3,10H2,1-2H3,(H2,17,18)(H,19,20). The van der Waals surface area contributed by atoms with Crippen molar-refractivity contribution in [3.8, 4) is 5.75 Å². The summed E-state index contributed by atoms with van der Waals surface area (Å²) in [5.41, 5.74) is 8.11. The predicted octanol–water partition coefficient (Wildman–Crippen LogP) is 2.55. The van der Waals surface area contributed by atoms with Crippen molar-refractivity contribution >= 4 is 17.4 Å². The van der Waals surface area contributed by atoms with E-state index in [9.17, 15) is 4.79 Å². The Morgan fingerprint density at radius 3 is 2.57 bits per heavy atom. The second kappa shape index (κ2) is 6.74. The summed E-state index contributed by atoms with van der Waals surface area (Å²) in [6, 6.07) is 11.1. The number of nitrogens with one attached hydrogen (secondary N) is 1. The summed E-state index contributed by atoms with van der Waals surface area (Å²) in [6.45, 7) is 3.83. The molecule has 2 rings (SSSR count). The fourth-order valence-electron chi connectivity index (χ4n) is 1.87. The third kappa shape index (κ3) is 4.21. The molecule has 0 aliphatic heterocycles. The van der Waals surface area contributed by atoms with Crippen molar-refractivity contribution in [1.29, 1.82) is 0 Å². The van der Waals surface area contributed by atoms with E-state index in [0.29, 0.717) is 22.9 Å². The Morgan fingerprint density at radius 2 is 1.95 bits per heavy atom. The molecule has 1 amide bonds. The number of carbonyl (C=O) groups is 1. The first kappa shape index (κ1) is 14.8. The lowest BCUT2D eigenvalue weighted by Gasteiger charge is -2.09. The van der Waals surface area contributed by atoms with Gasteiger partial charge in [-0.05, 0) is 43.2 Å². The van der Waals surface area contributed by atoms with Crippen LogP contribution in [0.15, 0.2) is 36.4 Å². The van der Waals surface area contributed by atoms with Crippen molar-refractivity contribution in [1.82, 2.24) is 4.98 Å². The molecular weight excluding hydrogens is 266 g/mol. The molecule has 2 aromatic rings. The van der Waals surface area contributed by atoms with Crippen LogP contribution >= 0.6 is 0 Å². The van der Waals surface area contributed by atoms with E-state index in [1.807, 2.05) is 24.3 Å². The number of pyridine rings is 1. The number of ether oxygens (including phenoxy) is 1. The van der Waals surface area contributed by atoms with Gasteiger partial charge in [-0.3, -0.25) is 4.79 Å². The summed E-state index contributed by atoms with van der Waals surface area (Å²) < 4.78 is 5.45. The average molecular weight is 285 g/mol. The van der Waals surface area contributed by atoms with Gasteiger partial charge in [-0.2, -0.15) is 0 Å². The van der Waals surface area contributed by atoms with Crippen LogP contribution in [0.25, 0.3) is 0 Å². The fraction of sp³-hybridized carbons (Fsp3) is 0.250. The average Bonchev–Trinajstić information content (AvgIpc) is 2.48. The highest BCUT2D eigenvalue weighted by molar-refractivity contribution is 5.92. The summed E-state index contributed by atoms with van der Waals surface area (Å²) in [7, 11) is 0. The Balaban J connectivity index is 1.89. The number of anilines is 2. The topological polar surface area (TPSA) is 77.2 Å². The van der Waals surface area contributed by atoms with Crippen LogP contribution in [0.5, 0.6) is 5.75 Å². The van der Waals surface area contributed by atoms with E-state index < -0.39 is 0 Å². The smallest absolute Gasteiger partial charge is 0.262 e. The van der Waals surface area contributed by atoms with Crippen LogP contribution < -0.4 is 15.8 Å². The maximum Gasteiger partial charge on any atom is 0.262 e. The Bertz CT molecular complexity index is 624. The Morgan fingerprint density at radius 1 is 1.24 bits per heavy atom. The monoisotopic (exact) mass is 285 g/mol. The second-order valence-corrected chi connectivity index (χ2v) is 4.70. The van der Waals surface area contributed by atoms with Crippen molar-refractivity contribution in [3.05, 3.63) is 47.7 Å². The van der Waals surface area contributed by atoms with E-state index in [1.165, 1.54) is 5.56 Å². The molecule has 21 heavy (non-hydrogen) atoms. The molecule has 0 radical (unpaired) electrons. The molecule has 0 unspecified atom stereocenters. The Kier molecular flexibility index (Phi) is 4.77. The van der Waals surface area contributed by atoms with Crippen molar-refractivity contribution < 1.29 is 9.53 Å². The van der Waals surface area contributed by atoms with Gasteiger partial charge in [0.2, 0.25) is 0 Å². The molecule has 110 valence electrons. The van der Waals surface area contributed by atoms with E-state index in [0.717, 1.165) is 6.42 Å². The summed E-state index contributed by atoms with van der Waals surface area (Å²) >= 11 is 0. The number of nitrogens with two attached hydrogens (primary N) is 1. The zero-order chi connectivity index (χ0) is 15.2. The summed E-state index contributed by atoms with van der Waals surface area (Å²) in [5, 5.41) is 2.75. The quantitative estimate of drug-likeness (QED) is 0.885. The summed E-state index contributed by atoms with van der Waals surface area (Å²) in [5.74, 6) is 0.872. The van der Waals surface area contributed by atoms with E-state index in [4.69, 9.17) is 10.5 Å². The number of rotatable bonds is 5. The molecule has 3 N–H and O–H groups in total. The van der Waals surface area contributed by atoms with Crippen LogP contribution in [0.3, 0.4) is 0 Å². The molecule has 0 saturated heterocycles. The van der Waals surface area contributed by atoms with Crippen LogP contribution in [0.2, 0.25) is 0 Å². The van der Waals surface area contributed by atoms with E-state index >= 15 is 0 Å². The fourth-order valence-corrected chi connectivity index (χ4v) is 1.87. The minimum atomic E-state index is -0.232. The Labute approximate surface area is 124 Å². The molecule has 0 fully saturated rings. The zero-order valence-electron chi connectivity index (χ0n) is 12.2. The van der Waals surface area contributed by atoms with Gasteiger partial charge in [0.25, 0.3) is 5.91 Å². The maximum atomic E-state index is 11.9. The molecule has 5 heteroatoms. The number of hydrogen-bond acceptors (Lipinski definition) is 4. The van der Waals surface area contributed by atoms with Crippen LogP contribution in [-0.2, 0) is 11.2 Å². The first-order valence-electron chi connectivity index (χ1n) is 6.83. The molecule has 1 aromatic carbocycles. The van der Waals surface area contributed by atoms with Crippen LogP contribution in [0, 0.1) is 6.92 Å². The molecule has 5 nitrogen and oxygen atoms in total. The lowest BCUT2D eigenvalue weighted by molar-refractivity contribution is -0.118. The van der Waals surface area contributed by atoms with Gasteiger partial charge >= 0.3 is 0 Å². The van der Waals surface area contributed by atoms with Gasteiger partial charge in [0.15, 0.2) is 6.61 Å². The van der Waals surface area contributed by atoms with Crippen molar-refractivity contribution in [2.75, 3.05) is 17.7 Å². The number of nitrogen functional groups attached to an aromatic ring is 1. The highest BCUT2D eigenvalue weighted by Gasteiger charge is 2.07. The first-order chi connectivity index (χ1) is 10.1. The third-order valence-electron chi connectivity index (χ3n) is 3.08. The van der Waals surface area contributed by atoms with Crippen molar-refractivity contribution in [2.24, 2.45) is 0 Å². The molecule has 0 aliphatic rings. The SMILES string of the molecule is CCc1ccc(OCC(=O)Nc2ccc(N)nc2C)cc1. The molecule has 0 atom stereocenters. The van der Waals surface area contributed by atoms with Gasteiger partial charge in [-0.15, -0.1) is 0 Å². The second-order valence-electron chi connectivity index (χ2n) is 4.70. The number of benzene rings is 1. The molecule has 0 saturated carbocycles. The maximum absolute atomic E-state index is 11.9. The van der Waals surface area contributed by atoms with Gasteiger partial charge in [0.1, 0.15) is 11.6 Å². The lowest BCUT2D eigenvalue weighted by atomic mass is 10.2. The molecule has 0 bridgehead atoms. The minimum absolute atomic E-state index is 0.0463. The summed E-state index contributed by atoms with van der Waals surface area (Å²) in [6.07, 6.45) is 0.976. The normalized spacial score (nSPS) is 10.2. The highest BCUT2D eigenvalue weighted by Crippen LogP contribution is 2.15. The molecule has 0 spiro atoms. The molecule has 1 aromatic heterocycles. The van der Waals surface area contributed by atoms with Gasteiger partial charge in [-0.25, -0.2) is 4.98 Å². The number of hydrogen-bond donors (Lipinski definition) is 2. The number of amides is 1. The number of carbonyl (C=O) groups excluding carboxylic acids is 1. The molecule has 1 heterocycles. The first-order valence-corrected chi connectivity index (χ1v) is 6.83. The van der Waals surface area contributed by atoms with E-state index in [2.05, 4.69) is 17.2 Å². The number of nitrogens with zero attached hydrogens (tertiary/aromatic N) is 1. The highest BCUT2D eigenvalue weighted by atomic mass is 16.5. The third-order valence-corrected chi connectivity index (χ3v) is 3.08. The van der Waals surface area contributed by atoms with Gasteiger partial charge < -0.3 is 15.8 Å². The minimum Gasteiger partial charge on any atom is -0.484 e.